The third-order valence-electron chi connectivity index (χ3n) is 2.09. The molecule has 0 spiro atoms. The molecule has 0 aliphatic heterocycles. The molecule has 0 unspecified atom stereocenters. The van der Waals surface area contributed by atoms with Gasteiger partial charge in [-0.2, -0.15) is 13.2 Å². The largest absolute Gasteiger partial charge is 0.411 e. The first-order valence-electron chi connectivity index (χ1n) is 5.39. The maximum atomic E-state index is 11.8. The number of nitrogens with two attached hydrogens (primary N) is 1. The second kappa shape index (κ2) is 7.84. The average molecular weight is 272 g/mol. The Bertz CT molecular complexity index is 234. The highest BCUT2D eigenvalue weighted by Gasteiger charge is 2.27. The van der Waals surface area contributed by atoms with E-state index in [1.165, 1.54) is 0 Å². The van der Waals surface area contributed by atoms with Crippen LogP contribution in [0.5, 0.6) is 0 Å². The van der Waals surface area contributed by atoms with Crippen molar-refractivity contribution in [3.63, 3.8) is 0 Å². The number of halogens is 3. The molecule has 0 amide bonds. The van der Waals surface area contributed by atoms with Gasteiger partial charge in [-0.3, -0.25) is 4.90 Å². The molecule has 17 heavy (non-hydrogen) atoms. The van der Waals surface area contributed by atoms with Gasteiger partial charge in [0, 0.05) is 25.7 Å². The van der Waals surface area contributed by atoms with E-state index in [9.17, 15) is 13.2 Å². The molecule has 0 atom stereocenters. The summed E-state index contributed by atoms with van der Waals surface area (Å²) in [4.78, 5) is 2.38. The highest BCUT2D eigenvalue weighted by molar-refractivity contribution is 7.80. The molecule has 102 valence electrons. The van der Waals surface area contributed by atoms with Gasteiger partial charge in [0.25, 0.3) is 0 Å². The van der Waals surface area contributed by atoms with Gasteiger partial charge in [-0.1, -0.05) is 12.2 Å². The summed E-state index contributed by atoms with van der Waals surface area (Å²) < 4.78 is 39.8. The lowest BCUT2D eigenvalue weighted by Gasteiger charge is -2.25. The van der Waals surface area contributed by atoms with Crippen LogP contribution >= 0.6 is 12.2 Å². The maximum absolute atomic E-state index is 11.8. The molecule has 0 aromatic heterocycles. The Hall–Kier alpha value is -0.400. The van der Waals surface area contributed by atoms with Gasteiger partial charge in [0.15, 0.2) is 0 Å². The van der Waals surface area contributed by atoms with Crippen molar-refractivity contribution in [2.75, 3.05) is 26.3 Å². The van der Waals surface area contributed by atoms with E-state index >= 15 is 0 Å². The van der Waals surface area contributed by atoms with Crippen molar-refractivity contribution in [2.24, 2.45) is 5.73 Å². The Morgan fingerprint density at radius 3 is 2.41 bits per heavy atom. The van der Waals surface area contributed by atoms with E-state index in [4.69, 9.17) is 18.0 Å². The minimum atomic E-state index is -4.25. The minimum Gasteiger partial charge on any atom is -0.392 e. The van der Waals surface area contributed by atoms with Crippen LogP contribution in [0.1, 0.15) is 20.3 Å². The Kier molecular flexibility index (Phi) is 7.65. The molecule has 7 heteroatoms. The van der Waals surface area contributed by atoms with Crippen LogP contribution in [0, 0.1) is 0 Å². The van der Waals surface area contributed by atoms with Crippen molar-refractivity contribution in [1.82, 2.24) is 4.90 Å². The molecular formula is C10H19F3N2OS. The molecule has 2 N–H and O–H groups in total. The van der Waals surface area contributed by atoms with E-state index in [-0.39, 0.29) is 12.6 Å². The maximum Gasteiger partial charge on any atom is 0.411 e. The quantitative estimate of drug-likeness (QED) is 0.541. The van der Waals surface area contributed by atoms with Crippen LogP contribution in [0.2, 0.25) is 0 Å². The number of hydrogen-bond donors (Lipinski definition) is 1. The normalized spacial score (nSPS) is 12.4. The van der Waals surface area contributed by atoms with Crippen LogP contribution in [0.4, 0.5) is 13.2 Å². The third kappa shape index (κ3) is 10.5. The first kappa shape index (κ1) is 16.6. The van der Waals surface area contributed by atoms with Gasteiger partial charge in [-0.15, -0.1) is 0 Å². The molecule has 0 saturated heterocycles. The minimum absolute atomic E-state index is 0.0834. The van der Waals surface area contributed by atoms with Crippen LogP contribution in [0.25, 0.3) is 0 Å². The second-order valence-electron chi connectivity index (χ2n) is 4.05. The zero-order chi connectivity index (χ0) is 13.5. The van der Waals surface area contributed by atoms with Crippen LogP contribution < -0.4 is 5.73 Å². The van der Waals surface area contributed by atoms with Crippen LogP contribution in [-0.4, -0.2) is 48.4 Å². The Labute approximate surface area is 105 Å². The van der Waals surface area contributed by atoms with Crippen LogP contribution in [-0.2, 0) is 4.74 Å². The summed E-state index contributed by atoms with van der Waals surface area (Å²) in [5, 5.41) is 0. The Morgan fingerprint density at radius 2 is 2.00 bits per heavy atom. The van der Waals surface area contributed by atoms with Gasteiger partial charge in [-0.05, 0) is 20.3 Å². The van der Waals surface area contributed by atoms with E-state index in [2.05, 4.69) is 4.74 Å². The second-order valence-corrected chi connectivity index (χ2v) is 4.58. The molecule has 0 heterocycles. The summed E-state index contributed by atoms with van der Waals surface area (Å²) in [5.74, 6) is 0. The lowest BCUT2D eigenvalue weighted by atomic mass is 10.3. The van der Waals surface area contributed by atoms with Gasteiger partial charge >= 0.3 is 6.18 Å². The predicted molar refractivity (Wildman–Crippen MR) is 65.0 cm³/mol. The van der Waals surface area contributed by atoms with Crippen molar-refractivity contribution in [1.29, 1.82) is 0 Å². The number of alkyl halides is 3. The van der Waals surface area contributed by atoms with Gasteiger partial charge < -0.3 is 10.5 Å². The molecule has 0 aliphatic rings. The summed E-state index contributed by atoms with van der Waals surface area (Å²) in [7, 11) is 0. The van der Waals surface area contributed by atoms with E-state index in [1.807, 2.05) is 18.7 Å². The molecule has 3 nitrogen and oxygen atoms in total. The van der Waals surface area contributed by atoms with Crippen LogP contribution in [0.15, 0.2) is 0 Å². The summed E-state index contributed by atoms with van der Waals surface area (Å²) >= 11 is 4.80. The van der Waals surface area contributed by atoms with Crippen LogP contribution in [0.3, 0.4) is 0 Å². The molecule has 0 aromatic rings. The van der Waals surface area contributed by atoms with E-state index < -0.39 is 12.8 Å². The summed E-state index contributed by atoms with van der Waals surface area (Å²) in [6, 6.07) is 0.249. The van der Waals surface area contributed by atoms with Gasteiger partial charge in [0.05, 0.1) is 4.99 Å². The summed E-state index contributed by atoms with van der Waals surface area (Å²) in [5.41, 5.74) is 5.43. The molecule has 0 aromatic carbocycles. The topological polar surface area (TPSA) is 38.5 Å². The lowest BCUT2D eigenvalue weighted by Crippen LogP contribution is -2.38. The van der Waals surface area contributed by atoms with Gasteiger partial charge in [0.1, 0.15) is 6.61 Å². The molecular weight excluding hydrogens is 253 g/mol. The Morgan fingerprint density at radius 1 is 1.41 bits per heavy atom. The fourth-order valence-electron chi connectivity index (χ4n) is 1.28. The number of ether oxygens (including phenoxy) is 1. The molecule has 0 aliphatic carbocycles. The zero-order valence-electron chi connectivity index (χ0n) is 10.1. The van der Waals surface area contributed by atoms with Crippen molar-refractivity contribution in [3.8, 4) is 0 Å². The molecule has 0 saturated carbocycles. The predicted octanol–water partition coefficient (Wildman–Crippen LogP) is 1.95. The fraction of sp³-hybridized carbons (Fsp3) is 0.900. The number of rotatable bonds is 8. The highest BCUT2D eigenvalue weighted by Crippen LogP contribution is 2.14. The number of thiocarbonyl (C=S) groups is 1. The Balaban J connectivity index is 3.72. The third-order valence-corrected chi connectivity index (χ3v) is 2.22. The highest BCUT2D eigenvalue weighted by atomic mass is 32.1. The zero-order valence-corrected chi connectivity index (χ0v) is 10.9. The van der Waals surface area contributed by atoms with Gasteiger partial charge in [-0.25, -0.2) is 0 Å². The smallest absolute Gasteiger partial charge is 0.392 e. The standard InChI is InChI=1S/C10H19F3N2OS/c1-8(2)15(6-9(14)17)4-3-5-16-7-10(11,12)13/h8H,3-7H2,1-2H3,(H2,14,17). The van der Waals surface area contributed by atoms with E-state index in [0.29, 0.717) is 24.5 Å². The first-order chi connectivity index (χ1) is 7.72. The van der Waals surface area contributed by atoms with Crippen molar-refractivity contribution >= 4 is 17.2 Å². The number of hydrogen-bond acceptors (Lipinski definition) is 3. The van der Waals surface area contributed by atoms with E-state index in [1.54, 1.807) is 0 Å². The van der Waals surface area contributed by atoms with E-state index in [0.717, 1.165) is 0 Å². The van der Waals surface area contributed by atoms with Crippen molar-refractivity contribution in [2.45, 2.75) is 32.5 Å². The first-order valence-corrected chi connectivity index (χ1v) is 5.80. The summed E-state index contributed by atoms with van der Waals surface area (Å²) in [6.07, 6.45) is -3.73. The van der Waals surface area contributed by atoms with Crippen molar-refractivity contribution in [3.05, 3.63) is 0 Å². The SMILES string of the molecule is CC(C)N(CCCOCC(F)(F)F)CC(N)=S. The number of nitrogens with zero attached hydrogens (tertiary/aromatic N) is 1. The van der Waals surface area contributed by atoms with Crippen molar-refractivity contribution < 1.29 is 17.9 Å². The van der Waals surface area contributed by atoms with Gasteiger partial charge in [0.2, 0.25) is 0 Å². The lowest BCUT2D eigenvalue weighted by molar-refractivity contribution is -0.174. The molecule has 0 bridgehead atoms. The average Bonchev–Trinajstić information content (AvgIpc) is 2.12. The summed E-state index contributed by atoms with van der Waals surface area (Å²) in [6.45, 7) is 3.95. The molecule has 0 radical (unpaired) electrons. The fourth-order valence-corrected chi connectivity index (χ4v) is 1.44. The molecule has 0 fully saturated rings. The molecule has 0 rings (SSSR count). The monoisotopic (exact) mass is 272 g/mol.